The topological polar surface area (TPSA) is 61.2 Å². The van der Waals surface area contributed by atoms with Crippen molar-refractivity contribution in [2.75, 3.05) is 6.61 Å². The van der Waals surface area contributed by atoms with Gasteiger partial charge >= 0.3 is 5.97 Å². The van der Waals surface area contributed by atoms with Gasteiger partial charge in [-0.2, -0.15) is 0 Å². The molecule has 0 amide bonds. The summed E-state index contributed by atoms with van der Waals surface area (Å²) in [5.41, 5.74) is 4.16. The van der Waals surface area contributed by atoms with Crippen LogP contribution in [0.15, 0.2) is 40.1 Å². The molecule has 3 aromatic rings. The highest BCUT2D eigenvalue weighted by Crippen LogP contribution is 2.23. The first-order valence-electron chi connectivity index (χ1n) is 7.38. The van der Waals surface area contributed by atoms with E-state index < -0.39 is 5.97 Å². The van der Waals surface area contributed by atoms with E-state index in [0.717, 1.165) is 16.8 Å². The van der Waals surface area contributed by atoms with Crippen LogP contribution < -0.4 is 5.43 Å². The quantitative estimate of drug-likeness (QED) is 0.689. The van der Waals surface area contributed by atoms with Crippen molar-refractivity contribution in [3.05, 3.63) is 51.1 Å². The van der Waals surface area contributed by atoms with Gasteiger partial charge in [-0.25, -0.2) is 9.78 Å². The van der Waals surface area contributed by atoms with Gasteiger partial charge in [0.25, 0.3) is 0 Å². The number of hydrogen-bond acceptors (Lipinski definition) is 5. The van der Waals surface area contributed by atoms with Gasteiger partial charge in [0.05, 0.1) is 23.3 Å². The molecule has 0 aliphatic heterocycles. The van der Waals surface area contributed by atoms with Gasteiger partial charge in [0.2, 0.25) is 5.43 Å². The maximum Gasteiger partial charge on any atom is 0.343 e. The molecule has 0 saturated heterocycles. The van der Waals surface area contributed by atoms with Crippen molar-refractivity contribution in [3.63, 3.8) is 0 Å². The number of hydrogen-bond donors (Lipinski definition) is 0. The van der Waals surface area contributed by atoms with Crippen LogP contribution >= 0.6 is 11.3 Å². The maximum absolute atomic E-state index is 12.6. The lowest BCUT2D eigenvalue weighted by Gasteiger charge is -2.12. The summed E-state index contributed by atoms with van der Waals surface area (Å²) in [5.74, 6) is -0.579. The molecule has 3 rings (SSSR count). The summed E-state index contributed by atoms with van der Waals surface area (Å²) in [6.45, 7) is 4.57. The van der Waals surface area contributed by atoms with Crippen LogP contribution in [0.4, 0.5) is 0 Å². The summed E-state index contributed by atoms with van der Waals surface area (Å²) in [6.07, 6.45) is 1.58. The Labute approximate surface area is 137 Å². The van der Waals surface area contributed by atoms with E-state index >= 15 is 0 Å². The fourth-order valence-corrected chi connectivity index (χ4v) is 3.08. The SMILES string of the molecule is CCOC(=O)c1cn(CC)c2cc(-c3cscn3)ccc2c1=O. The van der Waals surface area contributed by atoms with Crippen LogP contribution in [-0.2, 0) is 11.3 Å². The number of nitrogens with zero attached hydrogens (tertiary/aromatic N) is 2. The molecule has 0 spiro atoms. The van der Waals surface area contributed by atoms with Crippen LogP contribution in [-0.4, -0.2) is 22.1 Å². The van der Waals surface area contributed by atoms with E-state index in [4.69, 9.17) is 4.74 Å². The number of carbonyl (C=O) groups is 1. The molecule has 118 valence electrons. The average Bonchev–Trinajstić information content (AvgIpc) is 3.09. The highest BCUT2D eigenvalue weighted by Gasteiger charge is 2.16. The zero-order valence-corrected chi connectivity index (χ0v) is 13.7. The summed E-state index contributed by atoms with van der Waals surface area (Å²) >= 11 is 1.52. The lowest BCUT2D eigenvalue weighted by Crippen LogP contribution is -2.20. The predicted molar refractivity (Wildman–Crippen MR) is 90.9 cm³/mol. The van der Waals surface area contributed by atoms with Crippen LogP contribution in [0.3, 0.4) is 0 Å². The van der Waals surface area contributed by atoms with Gasteiger partial charge in [0, 0.05) is 29.1 Å². The first kappa shape index (κ1) is 15.4. The second-order valence-corrected chi connectivity index (χ2v) is 5.70. The van der Waals surface area contributed by atoms with Crippen molar-refractivity contribution in [3.8, 4) is 11.3 Å². The van der Waals surface area contributed by atoms with E-state index in [-0.39, 0.29) is 17.6 Å². The van der Waals surface area contributed by atoms with E-state index in [1.54, 1.807) is 24.7 Å². The minimum absolute atomic E-state index is 0.0719. The third kappa shape index (κ3) is 2.77. The van der Waals surface area contributed by atoms with Crippen molar-refractivity contribution < 1.29 is 9.53 Å². The molecule has 0 bridgehead atoms. The first-order valence-corrected chi connectivity index (χ1v) is 8.32. The van der Waals surface area contributed by atoms with E-state index in [9.17, 15) is 9.59 Å². The molecule has 0 N–H and O–H groups in total. The lowest BCUT2D eigenvalue weighted by molar-refractivity contribution is 0.0524. The summed E-state index contributed by atoms with van der Waals surface area (Å²) in [6, 6.07) is 5.54. The lowest BCUT2D eigenvalue weighted by atomic mass is 10.1. The molecule has 2 aromatic heterocycles. The molecule has 0 unspecified atom stereocenters. The molecule has 0 fully saturated rings. The largest absolute Gasteiger partial charge is 0.462 e. The molecule has 0 saturated carbocycles. The highest BCUT2D eigenvalue weighted by molar-refractivity contribution is 7.07. The standard InChI is InChI=1S/C17H16N2O3S/c1-3-19-8-13(17(21)22-4-2)16(20)12-6-5-11(7-15(12)19)14-9-23-10-18-14/h5-10H,3-4H2,1-2H3. The molecule has 1 aromatic carbocycles. The summed E-state index contributed by atoms with van der Waals surface area (Å²) in [4.78, 5) is 28.9. The highest BCUT2D eigenvalue weighted by atomic mass is 32.1. The zero-order chi connectivity index (χ0) is 16.4. The van der Waals surface area contributed by atoms with Crippen molar-refractivity contribution >= 4 is 28.2 Å². The first-order chi connectivity index (χ1) is 11.2. The number of fused-ring (bicyclic) bond motifs is 1. The molecule has 23 heavy (non-hydrogen) atoms. The Bertz CT molecular complexity index is 913. The Balaban J connectivity index is 2.23. The summed E-state index contributed by atoms with van der Waals surface area (Å²) in [7, 11) is 0. The third-order valence-corrected chi connectivity index (χ3v) is 4.23. The van der Waals surface area contributed by atoms with Gasteiger partial charge in [-0.15, -0.1) is 11.3 Å². The summed E-state index contributed by atoms with van der Waals surface area (Å²) < 4.78 is 6.87. The van der Waals surface area contributed by atoms with Crippen molar-refractivity contribution in [2.45, 2.75) is 20.4 Å². The number of aromatic nitrogens is 2. The van der Waals surface area contributed by atoms with Crippen molar-refractivity contribution in [1.82, 2.24) is 9.55 Å². The number of aryl methyl sites for hydroxylation is 1. The van der Waals surface area contributed by atoms with Gasteiger partial charge in [-0.1, -0.05) is 6.07 Å². The number of esters is 1. The van der Waals surface area contributed by atoms with Gasteiger partial charge < -0.3 is 9.30 Å². The number of pyridine rings is 1. The Morgan fingerprint density at radius 3 is 2.83 bits per heavy atom. The van der Waals surface area contributed by atoms with Crippen LogP contribution in [0.1, 0.15) is 24.2 Å². The van der Waals surface area contributed by atoms with E-state index in [1.165, 1.54) is 11.3 Å². The Morgan fingerprint density at radius 2 is 2.17 bits per heavy atom. The van der Waals surface area contributed by atoms with E-state index in [2.05, 4.69) is 4.98 Å². The Kier molecular flexibility index (Phi) is 4.25. The molecule has 0 atom stereocenters. The molecular formula is C17H16N2O3S. The second-order valence-electron chi connectivity index (χ2n) is 4.98. The van der Waals surface area contributed by atoms with Gasteiger partial charge in [0.15, 0.2) is 0 Å². The van der Waals surface area contributed by atoms with Crippen molar-refractivity contribution in [2.24, 2.45) is 0 Å². The number of ether oxygens (including phenoxy) is 1. The third-order valence-electron chi connectivity index (χ3n) is 3.65. The molecular weight excluding hydrogens is 312 g/mol. The van der Waals surface area contributed by atoms with Crippen LogP contribution in [0.2, 0.25) is 0 Å². The van der Waals surface area contributed by atoms with Gasteiger partial charge in [-0.3, -0.25) is 4.79 Å². The predicted octanol–water partition coefficient (Wildman–Crippen LogP) is 3.32. The van der Waals surface area contributed by atoms with Crippen LogP contribution in [0, 0.1) is 0 Å². The number of benzene rings is 1. The Morgan fingerprint density at radius 1 is 1.35 bits per heavy atom. The molecule has 5 nitrogen and oxygen atoms in total. The zero-order valence-electron chi connectivity index (χ0n) is 12.9. The monoisotopic (exact) mass is 328 g/mol. The second kappa shape index (κ2) is 6.34. The Hall–Kier alpha value is -2.47. The molecule has 0 radical (unpaired) electrons. The normalized spacial score (nSPS) is 10.9. The number of rotatable bonds is 4. The minimum atomic E-state index is -0.579. The van der Waals surface area contributed by atoms with E-state index in [0.29, 0.717) is 11.9 Å². The van der Waals surface area contributed by atoms with Crippen LogP contribution in [0.25, 0.3) is 22.2 Å². The van der Waals surface area contributed by atoms with Gasteiger partial charge in [0.1, 0.15) is 5.56 Å². The molecule has 2 heterocycles. The fourth-order valence-electron chi connectivity index (χ4n) is 2.52. The number of carbonyl (C=O) groups excluding carboxylic acids is 1. The molecule has 0 aliphatic carbocycles. The van der Waals surface area contributed by atoms with Gasteiger partial charge in [-0.05, 0) is 26.0 Å². The van der Waals surface area contributed by atoms with E-state index in [1.807, 2.05) is 29.0 Å². The maximum atomic E-state index is 12.6. The number of thiazole rings is 1. The van der Waals surface area contributed by atoms with Crippen molar-refractivity contribution in [1.29, 1.82) is 0 Å². The fraction of sp³-hybridized carbons (Fsp3) is 0.235. The minimum Gasteiger partial charge on any atom is -0.462 e. The molecule has 6 heteroatoms. The summed E-state index contributed by atoms with van der Waals surface area (Å²) in [5, 5.41) is 2.47. The average molecular weight is 328 g/mol. The van der Waals surface area contributed by atoms with Crippen LogP contribution in [0.5, 0.6) is 0 Å². The smallest absolute Gasteiger partial charge is 0.343 e. The molecule has 0 aliphatic rings.